The lowest BCUT2D eigenvalue weighted by Crippen LogP contribution is -2.31. The molecule has 0 bridgehead atoms. The second-order valence-electron chi connectivity index (χ2n) is 6.24. The predicted molar refractivity (Wildman–Crippen MR) is 104 cm³/mol. The molecular weight excluding hydrogens is 342 g/mol. The molecule has 0 saturated heterocycles. The number of hydrogen-bond donors (Lipinski definition) is 1. The summed E-state index contributed by atoms with van der Waals surface area (Å²) in [6.45, 7) is 4.41. The summed E-state index contributed by atoms with van der Waals surface area (Å²) in [5.74, 6) is 0.378. The van der Waals surface area contributed by atoms with E-state index in [2.05, 4.69) is 15.4 Å². The number of nitrogens with zero attached hydrogens (tertiary/aromatic N) is 4. The number of urea groups is 1. The summed E-state index contributed by atoms with van der Waals surface area (Å²) >= 11 is 0. The highest BCUT2D eigenvalue weighted by molar-refractivity contribution is 5.90. The highest BCUT2D eigenvalue weighted by atomic mass is 16.5. The number of aryl methyl sites for hydroxylation is 1. The molecule has 0 aliphatic heterocycles. The average Bonchev–Trinajstić information content (AvgIpc) is 2.97. The summed E-state index contributed by atoms with van der Waals surface area (Å²) in [6.07, 6.45) is 1.61. The van der Waals surface area contributed by atoms with Crippen molar-refractivity contribution in [2.24, 2.45) is 0 Å². The van der Waals surface area contributed by atoms with Gasteiger partial charge in [-0.05, 0) is 38.1 Å². The largest absolute Gasteiger partial charge is 0.480 e. The zero-order valence-electron chi connectivity index (χ0n) is 15.9. The first-order chi connectivity index (χ1) is 13.0. The first-order valence-corrected chi connectivity index (χ1v) is 8.63. The summed E-state index contributed by atoms with van der Waals surface area (Å²) in [4.78, 5) is 18.3. The molecule has 0 saturated carbocycles. The van der Waals surface area contributed by atoms with Gasteiger partial charge in [0.1, 0.15) is 5.69 Å². The van der Waals surface area contributed by atoms with E-state index in [9.17, 15) is 4.79 Å². The molecule has 0 aliphatic rings. The first kappa shape index (κ1) is 18.4. The van der Waals surface area contributed by atoms with Crippen molar-refractivity contribution in [3.05, 3.63) is 65.6 Å². The van der Waals surface area contributed by atoms with Crippen LogP contribution in [-0.4, -0.2) is 39.9 Å². The molecule has 0 radical (unpaired) electrons. The lowest BCUT2D eigenvalue weighted by atomic mass is 10.2. The van der Waals surface area contributed by atoms with E-state index >= 15 is 0 Å². The van der Waals surface area contributed by atoms with Crippen LogP contribution in [0.15, 0.2) is 48.7 Å². The molecule has 1 N–H and O–H groups in total. The fraction of sp³-hybridized carbons (Fsp3) is 0.250. The highest BCUT2D eigenvalue weighted by Crippen LogP contribution is 2.22. The van der Waals surface area contributed by atoms with Gasteiger partial charge in [-0.15, -0.1) is 0 Å². The van der Waals surface area contributed by atoms with E-state index in [4.69, 9.17) is 4.74 Å². The zero-order valence-corrected chi connectivity index (χ0v) is 15.9. The Hall–Kier alpha value is -3.35. The van der Waals surface area contributed by atoms with Gasteiger partial charge in [-0.25, -0.2) is 14.5 Å². The quantitative estimate of drug-likeness (QED) is 0.750. The lowest BCUT2D eigenvalue weighted by Gasteiger charge is -2.19. The van der Waals surface area contributed by atoms with Gasteiger partial charge in [-0.2, -0.15) is 5.10 Å². The summed E-state index contributed by atoms with van der Waals surface area (Å²) in [5, 5.41) is 7.46. The van der Waals surface area contributed by atoms with Crippen LogP contribution in [0, 0.1) is 13.8 Å². The monoisotopic (exact) mass is 365 g/mol. The van der Waals surface area contributed by atoms with Gasteiger partial charge in [0.2, 0.25) is 5.88 Å². The van der Waals surface area contributed by atoms with E-state index in [-0.39, 0.29) is 6.03 Å². The molecule has 7 nitrogen and oxygen atoms in total. The fourth-order valence-electron chi connectivity index (χ4n) is 2.89. The maximum absolute atomic E-state index is 12.6. The van der Waals surface area contributed by atoms with Gasteiger partial charge >= 0.3 is 6.03 Å². The second-order valence-corrected chi connectivity index (χ2v) is 6.24. The Morgan fingerprint density at radius 1 is 1.19 bits per heavy atom. The van der Waals surface area contributed by atoms with Gasteiger partial charge in [0.15, 0.2) is 0 Å². The van der Waals surface area contributed by atoms with Crippen molar-refractivity contribution in [2.45, 2.75) is 20.4 Å². The SMILES string of the molecule is COc1ncccc1NC(=O)N(C)Cc1c(C)nn(-c2ccccc2)c1C. The van der Waals surface area contributed by atoms with Crippen LogP contribution in [0.1, 0.15) is 17.0 Å². The molecule has 0 unspecified atom stereocenters. The number of anilines is 1. The fourth-order valence-corrected chi connectivity index (χ4v) is 2.89. The Morgan fingerprint density at radius 3 is 2.63 bits per heavy atom. The molecule has 2 heterocycles. The minimum atomic E-state index is -0.243. The Kier molecular flexibility index (Phi) is 5.40. The normalized spacial score (nSPS) is 10.5. The minimum Gasteiger partial charge on any atom is -0.480 e. The number of carbonyl (C=O) groups is 1. The van der Waals surface area contributed by atoms with Crippen molar-refractivity contribution in [2.75, 3.05) is 19.5 Å². The molecule has 7 heteroatoms. The van der Waals surface area contributed by atoms with Gasteiger partial charge in [0.05, 0.1) is 25.0 Å². The number of carbonyl (C=O) groups excluding carboxylic acids is 1. The molecule has 0 spiro atoms. The summed E-state index contributed by atoms with van der Waals surface area (Å²) < 4.78 is 7.08. The Labute approximate surface area is 158 Å². The number of ether oxygens (including phenoxy) is 1. The number of nitrogens with one attached hydrogen (secondary N) is 1. The number of pyridine rings is 1. The molecule has 3 rings (SSSR count). The number of amides is 2. The van der Waals surface area contributed by atoms with E-state index in [1.807, 2.05) is 48.9 Å². The third-order valence-electron chi connectivity index (χ3n) is 4.39. The van der Waals surface area contributed by atoms with Crippen LogP contribution < -0.4 is 10.1 Å². The van der Waals surface area contributed by atoms with Gasteiger partial charge in [0, 0.05) is 24.5 Å². The Morgan fingerprint density at radius 2 is 1.93 bits per heavy atom. The van der Waals surface area contributed by atoms with Crippen molar-refractivity contribution in [1.82, 2.24) is 19.7 Å². The number of para-hydroxylation sites is 1. The van der Waals surface area contributed by atoms with Crippen molar-refractivity contribution >= 4 is 11.7 Å². The molecule has 2 amide bonds. The van der Waals surface area contributed by atoms with Crippen LogP contribution in [0.5, 0.6) is 5.88 Å². The standard InChI is InChI=1S/C20H23N5O2/c1-14-17(15(2)25(23-14)16-9-6-5-7-10-16)13-24(3)20(26)22-18-11-8-12-21-19(18)27-4/h5-12H,13H2,1-4H3,(H,22,26). The van der Waals surface area contributed by atoms with Gasteiger partial charge in [0.25, 0.3) is 0 Å². The molecule has 27 heavy (non-hydrogen) atoms. The number of methoxy groups -OCH3 is 1. The molecule has 2 aromatic heterocycles. The van der Waals surface area contributed by atoms with Gasteiger partial charge in [-0.1, -0.05) is 18.2 Å². The summed E-state index contributed by atoms with van der Waals surface area (Å²) in [5.41, 5.74) is 4.46. The summed E-state index contributed by atoms with van der Waals surface area (Å²) in [7, 11) is 3.27. The third-order valence-corrected chi connectivity index (χ3v) is 4.39. The topological polar surface area (TPSA) is 72.3 Å². The number of rotatable bonds is 5. The molecule has 140 valence electrons. The van der Waals surface area contributed by atoms with Crippen LogP contribution in [-0.2, 0) is 6.54 Å². The van der Waals surface area contributed by atoms with Crippen LogP contribution in [0.25, 0.3) is 5.69 Å². The first-order valence-electron chi connectivity index (χ1n) is 8.63. The van der Waals surface area contributed by atoms with Gasteiger partial charge in [-0.3, -0.25) is 0 Å². The molecule has 3 aromatic rings. The Bertz CT molecular complexity index is 937. The number of hydrogen-bond acceptors (Lipinski definition) is 4. The lowest BCUT2D eigenvalue weighted by molar-refractivity contribution is 0.220. The van der Waals surface area contributed by atoms with Crippen molar-refractivity contribution in [3.8, 4) is 11.6 Å². The predicted octanol–water partition coefficient (Wildman–Crippen LogP) is 3.56. The maximum atomic E-state index is 12.6. The molecular formula is C20H23N5O2. The van der Waals surface area contributed by atoms with Crippen LogP contribution in [0.3, 0.4) is 0 Å². The van der Waals surface area contributed by atoms with E-state index in [1.165, 1.54) is 7.11 Å². The average molecular weight is 365 g/mol. The Balaban J connectivity index is 1.77. The van der Waals surface area contributed by atoms with Crippen LogP contribution in [0.4, 0.5) is 10.5 Å². The molecule has 0 aliphatic carbocycles. The van der Waals surface area contributed by atoms with E-state index in [1.54, 1.807) is 30.3 Å². The van der Waals surface area contributed by atoms with Crippen LogP contribution in [0.2, 0.25) is 0 Å². The number of aromatic nitrogens is 3. The van der Waals surface area contributed by atoms with Crippen molar-refractivity contribution in [1.29, 1.82) is 0 Å². The maximum Gasteiger partial charge on any atom is 0.322 e. The zero-order chi connectivity index (χ0) is 19.4. The summed E-state index contributed by atoms with van der Waals surface area (Å²) in [6, 6.07) is 13.2. The minimum absolute atomic E-state index is 0.243. The van der Waals surface area contributed by atoms with Crippen molar-refractivity contribution in [3.63, 3.8) is 0 Å². The highest BCUT2D eigenvalue weighted by Gasteiger charge is 2.18. The second kappa shape index (κ2) is 7.90. The van der Waals surface area contributed by atoms with E-state index < -0.39 is 0 Å². The van der Waals surface area contributed by atoms with Gasteiger partial charge < -0.3 is 15.0 Å². The van der Waals surface area contributed by atoms with Crippen molar-refractivity contribution < 1.29 is 9.53 Å². The molecule has 0 atom stereocenters. The van der Waals surface area contributed by atoms with E-state index in [0.717, 1.165) is 22.6 Å². The molecule has 1 aromatic carbocycles. The molecule has 0 fully saturated rings. The smallest absolute Gasteiger partial charge is 0.322 e. The third kappa shape index (κ3) is 3.92. The van der Waals surface area contributed by atoms with E-state index in [0.29, 0.717) is 18.1 Å². The van der Waals surface area contributed by atoms with Crippen LogP contribution >= 0.6 is 0 Å². The number of benzene rings is 1.